The van der Waals surface area contributed by atoms with Gasteiger partial charge in [0.05, 0.1) is 0 Å². The SMILES string of the molecule is CC1(C)CC[C@H]2[C@H](C1)Nc1ccc(Cc3ccc4c(c3)C(C)(C)[C@@H]3CCC(C)(C)C[C@H]3N4)cc1C2(C)C. The van der Waals surface area contributed by atoms with E-state index in [0.717, 1.165) is 6.42 Å². The van der Waals surface area contributed by atoms with Gasteiger partial charge in [-0.15, -0.1) is 0 Å². The molecular weight excluding hydrogens is 448 g/mol. The molecule has 2 aliphatic heterocycles. The van der Waals surface area contributed by atoms with Gasteiger partial charge >= 0.3 is 0 Å². The van der Waals surface area contributed by atoms with Crippen LogP contribution in [0.1, 0.15) is 116 Å². The number of nitrogens with one attached hydrogen (secondary N) is 2. The van der Waals surface area contributed by atoms with Gasteiger partial charge in [-0.2, -0.15) is 0 Å². The molecular formula is C35H50N2. The van der Waals surface area contributed by atoms with Crippen LogP contribution in [0.25, 0.3) is 0 Å². The number of hydrogen-bond acceptors (Lipinski definition) is 2. The van der Waals surface area contributed by atoms with Crippen molar-refractivity contribution in [3.8, 4) is 0 Å². The van der Waals surface area contributed by atoms with Crippen molar-refractivity contribution < 1.29 is 0 Å². The number of rotatable bonds is 2. The predicted molar refractivity (Wildman–Crippen MR) is 159 cm³/mol. The van der Waals surface area contributed by atoms with Crippen molar-refractivity contribution in [3.63, 3.8) is 0 Å². The summed E-state index contributed by atoms with van der Waals surface area (Å²) in [6.45, 7) is 19.8. The molecule has 0 radical (unpaired) electrons. The van der Waals surface area contributed by atoms with Crippen LogP contribution in [0.15, 0.2) is 36.4 Å². The van der Waals surface area contributed by atoms with Gasteiger partial charge in [0.1, 0.15) is 0 Å². The van der Waals surface area contributed by atoms with Crippen LogP contribution in [-0.4, -0.2) is 12.1 Å². The van der Waals surface area contributed by atoms with E-state index >= 15 is 0 Å². The van der Waals surface area contributed by atoms with Crippen molar-refractivity contribution in [2.24, 2.45) is 22.7 Å². The molecule has 0 bridgehead atoms. The molecule has 6 rings (SSSR count). The summed E-state index contributed by atoms with van der Waals surface area (Å²) in [7, 11) is 0. The van der Waals surface area contributed by atoms with Gasteiger partial charge < -0.3 is 10.6 Å². The van der Waals surface area contributed by atoms with Crippen molar-refractivity contribution in [1.29, 1.82) is 0 Å². The first-order valence-corrected chi connectivity index (χ1v) is 15.1. The highest BCUT2D eigenvalue weighted by Crippen LogP contribution is 2.53. The second kappa shape index (κ2) is 8.27. The molecule has 2 aromatic rings. The van der Waals surface area contributed by atoms with Crippen LogP contribution in [0.4, 0.5) is 11.4 Å². The van der Waals surface area contributed by atoms with Crippen molar-refractivity contribution in [3.05, 3.63) is 58.7 Å². The smallest absolute Gasteiger partial charge is 0.0380 e. The Morgan fingerprint density at radius 2 is 1.03 bits per heavy atom. The monoisotopic (exact) mass is 498 g/mol. The van der Waals surface area contributed by atoms with E-state index in [1.165, 1.54) is 72.2 Å². The Morgan fingerprint density at radius 3 is 1.43 bits per heavy atom. The van der Waals surface area contributed by atoms with Crippen LogP contribution in [0.3, 0.4) is 0 Å². The molecule has 2 heteroatoms. The van der Waals surface area contributed by atoms with Crippen molar-refractivity contribution in [2.75, 3.05) is 10.6 Å². The molecule has 4 atom stereocenters. The maximum atomic E-state index is 3.98. The maximum absolute atomic E-state index is 3.98. The summed E-state index contributed by atoms with van der Waals surface area (Å²) in [4.78, 5) is 0. The molecule has 2 aromatic carbocycles. The predicted octanol–water partition coefficient (Wildman–Crippen LogP) is 9.07. The number of anilines is 2. The zero-order chi connectivity index (χ0) is 26.4. The van der Waals surface area contributed by atoms with Crippen LogP contribution in [0.2, 0.25) is 0 Å². The van der Waals surface area contributed by atoms with E-state index in [9.17, 15) is 0 Å². The lowest BCUT2D eigenvalue weighted by molar-refractivity contribution is 0.119. The molecule has 0 spiro atoms. The Bertz CT molecular complexity index is 1110. The standard InChI is InChI=1S/C35H50N2/c1-32(2)15-13-24-30(20-32)36-28-11-9-22(18-26(28)34(24,5)6)17-23-10-12-29-27(19-23)35(7,8)25-14-16-33(3,4)21-31(25)37-29/h9-12,18-19,24-25,30-31,36-37H,13-17,20-21H2,1-8H3/t24-,25+,30-,31+. The molecule has 4 aliphatic rings. The molecule has 0 aromatic heterocycles. The van der Waals surface area contributed by atoms with Gasteiger partial charge in [-0.1, -0.05) is 79.7 Å². The van der Waals surface area contributed by atoms with Gasteiger partial charge in [0.2, 0.25) is 0 Å². The summed E-state index contributed by atoms with van der Waals surface area (Å²) in [5, 5.41) is 7.95. The fourth-order valence-corrected chi connectivity index (χ4v) is 8.96. The van der Waals surface area contributed by atoms with Gasteiger partial charge in [0.15, 0.2) is 0 Å². The summed E-state index contributed by atoms with van der Waals surface area (Å²) in [5.74, 6) is 1.43. The first-order valence-electron chi connectivity index (χ1n) is 15.1. The van der Waals surface area contributed by atoms with Crippen LogP contribution in [0, 0.1) is 22.7 Å². The average molecular weight is 499 g/mol. The van der Waals surface area contributed by atoms with E-state index in [1.54, 1.807) is 0 Å². The summed E-state index contributed by atoms with van der Waals surface area (Å²) < 4.78 is 0. The molecule has 2 nitrogen and oxygen atoms in total. The largest absolute Gasteiger partial charge is 0.382 e. The minimum absolute atomic E-state index is 0.212. The Hall–Kier alpha value is -1.96. The van der Waals surface area contributed by atoms with Crippen LogP contribution < -0.4 is 10.6 Å². The zero-order valence-electron chi connectivity index (χ0n) is 24.7. The van der Waals surface area contributed by atoms with E-state index in [2.05, 4.69) is 102 Å². The summed E-state index contributed by atoms with van der Waals surface area (Å²) in [6.07, 6.45) is 8.90. The van der Waals surface area contributed by atoms with Crippen molar-refractivity contribution in [2.45, 2.75) is 123 Å². The van der Waals surface area contributed by atoms with E-state index in [-0.39, 0.29) is 10.8 Å². The highest BCUT2D eigenvalue weighted by atomic mass is 15.0. The lowest BCUT2D eigenvalue weighted by Gasteiger charge is -2.52. The molecule has 2 N–H and O–H groups in total. The minimum Gasteiger partial charge on any atom is -0.382 e. The summed E-state index contributed by atoms with van der Waals surface area (Å²) in [5.41, 5.74) is 10.0. The highest BCUT2D eigenvalue weighted by Gasteiger charge is 2.48. The van der Waals surface area contributed by atoms with Gasteiger partial charge in [-0.3, -0.25) is 0 Å². The molecule has 2 aliphatic carbocycles. The normalized spacial score (nSPS) is 32.0. The summed E-state index contributed by atoms with van der Waals surface area (Å²) in [6, 6.07) is 15.8. The third-order valence-electron chi connectivity index (χ3n) is 11.3. The summed E-state index contributed by atoms with van der Waals surface area (Å²) >= 11 is 0. The van der Waals surface area contributed by atoms with E-state index in [4.69, 9.17) is 0 Å². The molecule has 0 amide bonds. The van der Waals surface area contributed by atoms with Gasteiger partial charge in [-0.05, 0) is 113 Å². The molecule has 200 valence electrons. The number of hydrogen-bond donors (Lipinski definition) is 2. The molecule has 37 heavy (non-hydrogen) atoms. The maximum Gasteiger partial charge on any atom is 0.0380 e. The van der Waals surface area contributed by atoms with Crippen LogP contribution in [0.5, 0.6) is 0 Å². The first kappa shape index (κ1) is 25.3. The lowest BCUT2D eigenvalue weighted by Crippen LogP contribution is -2.50. The topological polar surface area (TPSA) is 24.1 Å². The van der Waals surface area contributed by atoms with E-state index in [1.807, 2.05) is 0 Å². The Balaban J connectivity index is 1.27. The van der Waals surface area contributed by atoms with Gasteiger partial charge in [-0.25, -0.2) is 0 Å². The zero-order valence-corrected chi connectivity index (χ0v) is 24.7. The first-order chi connectivity index (χ1) is 17.3. The second-order valence-corrected chi connectivity index (χ2v) is 15.9. The third-order valence-corrected chi connectivity index (χ3v) is 11.3. The second-order valence-electron chi connectivity index (χ2n) is 15.9. The van der Waals surface area contributed by atoms with E-state index < -0.39 is 0 Å². The van der Waals surface area contributed by atoms with Gasteiger partial charge in [0.25, 0.3) is 0 Å². The highest BCUT2D eigenvalue weighted by molar-refractivity contribution is 5.62. The fraction of sp³-hybridized carbons (Fsp3) is 0.657. The van der Waals surface area contributed by atoms with Crippen LogP contribution in [-0.2, 0) is 17.3 Å². The molecule has 2 heterocycles. The number of fused-ring (bicyclic) bond motifs is 4. The minimum atomic E-state index is 0.212. The van der Waals surface area contributed by atoms with Gasteiger partial charge in [0, 0.05) is 23.5 Å². The molecule has 0 unspecified atom stereocenters. The molecule has 2 fully saturated rings. The third kappa shape index (κ3) is 4.31. The van der Waals surface area contributed by atoms with Crippen molar-refractivity contribution in [1.82, 2.24) is 0 Å². The molecule has 2 saturated carbocycles. The van der Waals surface area contributed by atoms with Crippen molar-refractivity contribution >= 4 is 11.4 Å². The molecule has 0 saturated heterocycles. The average Bonchev–Trinajstić information content (AvgIpc) is 2.78. The van der Waals surface area contributed by atoms with Crippen LogP contribution >= 0.6 is 0 Å². The Kier molecular flexibility index (Phi) is 5.66. The Morgan fingerprint density at radius 1 is 0.622 bits per heavy atom. The van der Waals surface area contributed by atoms with E-state index in [0.29, 0.717) is 34.7 Å². The lowest BCUT2D eigenvalue weighted by atomic mass is 9.58. The fourth-order valence-electron chi connectivity index (χ4n) is 8.96. The Labute approximate surface area is 226 Å². The number of benzene rings is 2. The quantitative estimate of drug-likeness (QED) is 0.431.